The summed E-state index contributed by atoms with van der Waals surface area (Å²) in [6.45, 7) is 5.83. The molecule has 1 amide bonds. The molecule has 0 atom stereocenters. The smallest absolute Gasteiger partial charge is 0.411 e. The van der Waals surface area contributed by atoms with Gasteiger partial charge in [0.05, 0.1) is 6.61 Å². The molecule has 0 heterocycles. The van der Waals surface area contributed by atoms with Crippen molar-refractivity contribution >= 4 is 11.8 Å². The quantitative estimate of drug-likeness (QED) is 0.804. The van der Waals surface area contributed by atoms with Crippen LogP contribution in [0.25, 0.3) is 0 Å². The summed E-state index contributed by atoms with van der Waals surface area (Å²) in [5.41, 5.74) is 1.85. The van der Waals surface area contributed by atoms with Gasteiger partial charge < -0.3 is 10.1 Å². The van der Waals surface area contributed by atoms with E-state index >= 15 is 0 Å². The van der Waals surface area contributed by atoms with Gasteiger partial charge in [-0.25, -0.2) is 4.79 Å². The minimum Gasteiger partial charge on any atom is -0.450 e. The number of para-hydroxylation sites is 1. The first-order valence-electron chi connectivity index (χ1n) is 5.50. The topological polar surface area (TPSA) is 50.4 Å². The maximum Gasteiger partial charge on any atom is 0.411 e. The molecule has 1 rings (SSSR count). The number of ether oxygens (including phenoxy) is 1. The highest BCUT2D eigenvalue weighted by molar-refractivity contribution is 5.85. The molecule has 0 spiro atoms. The number of benzene rings is 1. The average Bonchev–Trinajstić information content (AvgIpc) is 2.28. The van der Waals surface area contributed by atoms with Crippen LogP contribution in [-0.2, 0) is 11.3 Å². The molecule has 0 aromatic heterocycles. The highest BCUT2D eigenvalue weighted by Crippen LogP contribution is 2.14. The van der Waals surface area contributed by atoms with Crippen molar-refractivity contribution in [2.45, 2.75) is 20.4 Å². The van der Waals surface area contributed by atoms with Crippen molar-refractivity contribution < 1.29 is 9.53 Å². The Labute approximate surface area is 96.0 Å². The Morgan fingerprint density at radius 1 is 1.31 bits per heavy atom. The fourth-order valence-corrected chi connectivity index (χ4v) is 1.33. The molecule has 2 N–H and O–H groups in total. The van der Waals surface area contributed by atoms with Crippen molar-refractivity contribution in [2.24, 2.45) is 0 Å². The molecule has 88 valence electrons. The Balaban J connectivity index is 2.66. The Bertz CT molecular complexity index is 340. The third kappa shape index (κ3) is 3.90. The highest BCUT2D eigenvalue weighted by atomic mass is 16.5. The standard InChI is InChI=1S/C12H18N2O2/c1-3-13-9-10-7-5-6-8-11(10)14-12(15)16-4-2/h5-8,13H,3-4,9H2,1-2H3,(H,14,15). The zero-order chi connectivity index (χ0) is 11.8. The molecule has 0 bridgehead atoms. The molecule has 16 heavy (non-hydrogen) atoms. The summed E-state index contributed by atoms with van der Waals surface area (Å²) in [5, 5.41) is 5.94. The van der Waals surface area contributed by atoms with Crippen LogP contribution in [0.1, 0.15) is 19.4 Å². The van der Waals surface area contributed by atoms with E-state index in [4.69, 9.17) is 4.74 Å². The number of rotatable bonds is 5. The molecule has 1 aromatic carbocycles. The van der Waals surface area contributed by atoms with Gasteiger partial charge in [-0.1, -0.05) is 25.1 Å². The van der Waals surface area contributed by atoms with Crippen LogP contribution in [0, 0.1) is 0 Å². The Morgan fingerprint density at radius 3 is 2.75 bits per heavy atom. The molecule has 0 saturated heterocycles. The molecule has 1 aromatic rings. The van der Waals surface area contributed by atoms with E-state index in [9.17, 15) is 4.79 Å². The lowest BCUT2D eigenvalue weighted by molar-refractivity contribution is 0.168. The Morgan fingerprint density at radius 2 is 2.06 bits per heavy atom. The molecule has 0 unspecified atom stereocenters. The van der Waals surface area contributed by atoms with Crippen molar-refractivity contribution in [3.05, 3.63) is 29.8 Å². The molecule has 4 nitrogen and oxygen atoms in total. The van der Waals surface area contributed by atoms with Gasteiger partial charge in [-0.3, -0.25) is 5.32 Å². The summed E-state index contributed by atoms with van der Waals surface area (Å²) in [5.74, 6) is 0. The Hall–Kier alpha value is -1.55. The van der Waals surface area contributed by atoms with Crippen LogP contribution in [-0.4, -0.2) is 19.2 Å². The summed E-state index contributed by atoms with van der Waals surface area (Å²) in [7, 11) is 0. The monoisotopic (exact) mass is 222 g/mol. The molecular weight excluding hydrogens is 204 g/mol. The van der Waals surface area contributed by atoms with E-state index in [-0.39, 0.29) is 0 Å². The fourth-order valence-electron chi connectivity index (χ4n) is 1.33. The van der Waals surface area contributed by atoms with E-state index in [1.165, 1.54) is 0 Å². The van der Waals surface area contributed by atoms with E-state index in [1.807, 2.05) is 31.2 Å². The van der Waals surface area contributed by atoms with Crippen LogP contribution < -0.4 is 10.6 Å². The van der Waals surface area contributed by atoms with Gasteiger partial charge in [-0.2, -0.15) is 0 Å². The minimum absolute atomic E-state index is 0.376. The van der Waals surface area contributed by atoms with Crippen molar-refractivity contribution in [2.75, 3.05) is 18.5 Å². The molecule has 0 aliphatic heterocycles. The van der Waals surface area contributed by atoms with Gasteiger partial charge in [0.1, 0.15) is 0 Å². The second kappa shape index (κ2) is 6.85. The van der Waals surface area contributed by atoms with Gasteiger partial charge in [-0.05, 0) is 25.1 Å². The second-order valence-corrected chi connectivity index (χ2v) is 3.28. The van der Waals surface area contributed by atoms with Gasteiger partial charge in [0.25, 0.3) is 0 Å². The molecule has 4 heteroatoms. The van der Waals surface area contributed by atoms with Gasteiger partial charge in [0.15, 0.2) is 0 Å². The van der Waals surface area contributed by atoms with Crippen molar-refractivity contribution in [1.82, 2.24) is 5.32 Å². The zero-order valence-electron chi connectivity index (χ0n) is 9.75. The van der Waals surface area contributed by atoms with E-state index in [0.717, 1.165) is 24.3 Å². The zero-order valence-corrected chi connectivity index (χ0v) is 9.75. The number of hydrogen-bond acceptors (Lipinski definition) is 3. The lowest BCUT2D eigenvalue weighted by Crippen LogP contribution is -2.17. The van der Waals surface area contributed by atoms with Crippen molar-refractivity contribution in [3.63, 3.8) is 0 Å². The number of nitrogens with one attached hydrogen (secondary N) is 2. The molecule has 0 aliphatic rings. The molecule has 0 fully saturated rings. The van der Waals surface area contributed by atoms with Gasteiger partial charge >= 0.3 is 6.09 Å². The summed E-state index contributed by atoms with van der Waals surface area (Å²) in [4.78, 5) is 11.3. The van der Waals surface area contributed by atoms with Crippen LogP contribution in [0.2, 0.25) is 0 Å². The molecule has 0 radical (unpaired) electrons. The van der Waals surface area contributed by atoms with Gasteiger partial charge in [0.2, 0.25) is 0 Å². The van der Waals surface area contributed by atoms with Gasteiger partial charge in [0, 0.05) is 12.2 Å². The molecule has 0 aliphatic carbocycles. The van der Waals surface area contributed by atoms with Crippen molar-refractivity contribution in [1.29, 1.82) is 0 Å². The summed E-state index contributed by atoms with van der Waals surface area (Å²) in [6, 6.07) is 7.67. The third-order valence-electron chi connectivity index (χ3n) is 2.09. The van der Waals surface area contributed by atoms with Crippen LogP contribution in [0.5, 0.6) is 0 Å². The van der Waals surface area contributed by atoms with Crippen LogP contribution in [0.4, 0.5) is 10.5 Å². The highest BCUT2D eigenvalue weighted by Gasteiger charge is 2.05. The lowest BCUT2D eigenvalue weighted by Gasteiger charge is -2.10. The fraction of sp³-hybridized carbons (Fsp3) is 0.417. The average molecular weight is 222 g/mol. The number of carbonyl (C=O) groups excluding carboxylic acids is 1. The first kappa shape index (κ1) is 12.5. The Kier molecular flexibility index (Phi) is 5.36. The van der Waals surface area contributed by atoms with E-state index in [1.54, 1.807) is 6.92 Å². The molecular formula is C12H18N2O2. The first-order chi connectivity index (χ1) is 7.77. The number of carbonyl (C=O) groups is 1. The third-order valence-corrected chi connectivity index (χ3v) is 2.09. The summed E-state index contributed by atoms with van der Waals surface area (Å²) in [6.07, 6.45) is -0.411. The number of hydrogen-bond donors (Lipinski definition) is 2. The summed E-state index contributed by atoms with van der Waals surface area (Å²) < 4.78 is 4.83. The maximum absolute atomic E-state index is 11.3. The normalized spacial score (nSPS) is 9.88. The second-order valence-electron chi connectivity index (χ2n) is 3.28. The lowest BCUT2D eigenvalue weighted by atomic mass is 10.2. The van der Waals surface area contributed by atoms with Crippen LogP contribution in [0.3, 0.4) is 0 Å². The van der Waals surface area contributed by atoms with Crippen LogP contribution in [0.15, 0.2) is 24.3 Å². The SMILES string of the molecule is CCNCc1ccccc1NC(=O)OCC. The van der Waals surface area contributed by atoms with E-state index < -0.39 is 6.09 Å². The predicted octanol–water partition coefficient (Wildman–Crippen LogP) is 2.36. The van der Waals surface area contributed by atoms with Crippen LogP contribution >= 0.6 is 0 Å². The number of anilines is 1. The van der Waals surface area contributed by atoms with E-state index in [0.29, 0.717) is 6.61 Å². The minimum atomic E-state index is -0.411. The molecule has 0 saturated carbocycles. The largest absolute Gasteiger partial charge is 0.450 e. The first-order valence-corrected chi connectivity index (χ1v) is 5.50. The van der Waals surface area contributed by atoms with Crippen molar-refractivity contribution in [3.8, 4) is 0 Å². The van der Waals surface area contributed by atoms with E-state index in [2.05, 4.69) is 10.6 Å². The number of amides is 1. The predicted molar refractivity (Wildman–Crippen MR) is 64.5 cm³/mol. The maximum atomic E-state index is 11.3. The summed E-state index contributed by atoms with van der Waals surface area (Å²) >= 11 is 0. The van der Waals surface area contributed by atoms with Gasteiger partial charge in [-0.15, -0.1) is 0 Å².